The van der Waals surface area contributed by atoms with Crippen LogP contribution in [0, 0.1) is 23.0 Å². The van der Waals surface area contributed by atoms with E-state index in [0.717, 1.165) is 51.5 Å². The number of fused-ring (bicyclic) bond motifs is 1. The van der Waals surface area contributed by atoms with E-state index in [1.54, 1.807) is 6.07 Å². The van der Waals surface area contributed by atoms with Crippen molar-refractivity contribution in [1.29, 1.82) is 5.26 Å². The highest BCUT2D eigenvalue weighted by molar-refractivity contribution is 5.94. The Morgan fingerprint density at radius 2 is 1.79 bits per heavy atom. The van der Waals surface area contributed by atoms with Crippen LogP contribution in [0.3, 0.4) is 0 Å². The number of ether oxygens (including phenoxy) is 1. The zero-order valence-electron chi connectivity index (χ0n) is 22.6. The molecule has 0 N–H and O–H groups in total. The summed E-state index contributed by atoms with van der Waals surface area (Å²) >= 11 is 0. The molecule has 0 spiro atoms. The fourth-order valence-electron chi connectivity index (χ4n) is 4.46. The van der Waals surface area contributed by atoms with E-state index in [4.69, 9.17) is 4.74 Å². The number of nitrogens with zero attached hydrogens (tertiary/aromatic N) is 6. The van der Waals surface area contributed by atoms with Crippen molar-refractivity contribution in [2.45, 2.75) is 65.3 Å². The summed E-state index contributed by atoms with van der Waals surface area (Å²) in [5, 5.41) is 9.28. The number of aromatic nitrogens is 2. The van der Waals surface area contributed by atoms with Crippen molar-refractivity contribution < 1.29 is 23.1 Å². The summed E-state index contributed by atoms with van der Waals surface area (Å²) in [6, 6.07) is 2.49. The van der Waals surface area contributed by atoms with Gasteiger partial charge >= 0.3 is 5.97 Å². The van der Waals surface area contributed by atoms with E-state index in [0.29, 0.717) is 19.4 Å². The number of likely N-dealkylation sites (N-methyl/N-ethyl adjacent to an activating group) is 1. The average molecular weight is 533 g/mol. The lowest BCUT2D eigenvalue weighted by Gasteiger charge is -2.32. The maximum absolute atomic E-state index is 15.2. The molecule has 0 aliphatic carbocycles. The first-order valence-corrected chi connectivity index (χ1v) is 13.5. The molecule has 1 aromatic carbocycles. The normalized spacial score (nSPS) is 14.5. The van der Waals surface area contributed by atoms with Gasteiger partial charge in [-0.25, -0.2) is 18.7 Å². The molecule has 1 aliphatic rings. The Bertz CT molecular complexity index is 1150. The Morgan fingerprint density at radius 3 is 2.45 bits per heavy atom. The number of unbranched alkanes of at least 4 members (excludes halogenated alkanes) is 3. The average Bonchev–Trinajstić information content (AvgIpc) is 3.29. The van der Waals surface area contributed by atoms with Gasteiger partial charge in [0.2, 0.25) is 11.9 Å². The van der Waals surface area contributed by atoms with Gasteiger partial charge in [0.1, 0.15) is 17.1 Å². The molecule has 3 rings (SSSR count). The molecule has 0 atom stereocenters. The topological polar surface area (TPSA) is 94.7 Å². The third kappa shape index (κ3) is 7.26. The van der Waals surface area contributed by atoms with Crippen molar-refractivity contribution in [3.05, 3.63) is 23.3 Å². The van der Waals surface area contributed by atoms with Crippen LogP contribution in [0.15, 0.2) is 6.07 Å². The van der Waals surface area contributed by atoms with Gasteiger partial charge in [-0.15, -0.1) is 0 Å². The Kier molecular flexibility index (Phi) is 11.0. The van der Waals surface area contributed by atoms with Gasteiger partial charge in [-0.1, -0.05) is 33.1 Å². The van der Waals surface area contributed by atoms with E-state index >= 15 is 4.39 Å². The number of esters is 1. The SMILES string of the molecule is CCCCCC(=O)N(COC(=O)CCN1CCN(C)CC1)c1nc2c(F)cc(C#N)c(F)c2n1CCCC. The van der Waals surface area contributed by atoms with Gasteiger partial charge in [0.25, 0.3) is 0 Å². The summed E-state index contributed by atoms with van der Waals surface area (Å²) in [5.74, 6) is -2.54. The minimum Gasteiger partial charge on any atom is -0.444 e. The number of nitriles is 1. The predicted octanol–water partition coefficient (Wildman–Crippen LogP) is 4.04. The van der Waals surface area contributed by atoms with Gasteiger partial charge in [-0.05, 0) is 26.0 Å². The van der Waals surface area contributed by atoms with Crippen LogP contribution in [0.2, 0.25) is 0 Å². The lowest BCUT2D eigenvalue weighted by molar-refractivity contribution is -0.144. The number of hydrogen-bond acceptors (Lipinski definition) is 7. The molecule has 1 aromatic heterocycles. The van der Waals surface area contributed by atoms with E-state index < -0.39 is 29.9 Å². The molecule has 0 bridgehead atoms. The molecule has 1 aliphatic heterocycles. The molecule has 9 nitrogen and oxygen atoms in total. The standard InChI is InChI=1S/C27H38F2N6O3/c1-4-6-8-9-22(36)35(19-38-23(37)10-12-33-15-13-32(3)14-16-33)27-31-25-21(28)17-20(18-30)24(29)26(25)34(27)11-7-5-2/h17H,4-16,19H2,1-3H3. The second-order valence-electron chi connectivity index (χ2n) is 9.77. The molecule has 2 heterocycles. The predicted molar refractivity (Wildman–Crippen MR) is 140 cm³/mol. The molecule has 1 saturated heterocycles. The molecule has 0 unspecified atom stereocenters. The van der Waals surface area contributed by atoms with Crippen molar-refractivity contribution in [1.82, 2.24) is 19.4 Å². The summed E-state index contributed by atoms with van der Waals surface area (Å²) in [7, 11) is 2.06. The highest BCUT2D eigenvalue weighted by Gasteiger charge is 2.28. The second-order valence-corrected chi connectivity index (χ2v) is 9.77. The number of piperazine rings is 1. The number of rotatable bonds is 13. The van der Waals surface area contributed by atoms with Crippen LogP contribution in [0.5, 0.6) is 0 Å². The number of anilines is 1. The third-order valence-electron chi connectivity index (χ3n) is 6.86. The van der Waals surface area contributed by atoms with E-state index in [2.05, 4.69) is 21.8 Å². The second kappa shape index (κ2) is 14.2. The molecule has 1 amide bonds. The van der Waals surface area contributed by atoms with Crippen LogP contribution in [0.1, 0.15) is 64.4 Å². The number of carbonyl (C=O) groups excluding carboxylic acids is 2. The minimum absolute atomic E-state index is 0.00899. The van der Waals surface area contributed by atoms with Crippen LogP contribution < -0.4 is 4.90 Å². The smallest absolute Gasteiger partial charge is 0.308 e. The van der Waals surface area contributed by atoms with Crippen LogP contribution in [0.4, 0.5) is 14.7 Å². The highest BCUT2D eigenvalue weighted by atomic mass is 19.1. The Morgan fingerprint density at radius 1 is 1.08 bits per heavy atom. The zero-order chi connectivity index (χ0) is 27.7. The summed E-state index contributed by atoms with van der Waals surface area (Å²) < 4.78 is 37.0. The molecule has 2 aromatic rings. The fraction of sp³-hybridized carbons (Fsp3) is 0.630. The van der Waals surface area contributed by atoms with Crippen LogP contribution in [-0.4, -0.2) is 77.7 Å². The Balaban J connectivity index is 1.87. The summed E-state index contributed by atoms with van der Waals surface area (Å²) in [5.41, 5.74) is -0.867. The van der Waals surface area contributed by atoms with Gasteiger partial charge in [-0.3, -0.25) is 9.59 Å². The maximum atomic E-state index is 15.2. The quantitative estimate of drug-likeness (QED) is 0.218. The molecular formula is C27H38F2N6O3. The number of imidazole rings is 1. The summed E-state index contributed by atoms with van der Waals surface area (Å²) in [6.45, 7) is 7.98. The number of benzene rings is 1. The van der Waals surface area contributed by atoms with Crippen molar-refractivity contribution in [2.24, 2.45) is 0 Å². The first-order valence-electron chi connectivity index (χ1n) is 13.5. The number of halogens is 2. The molecule has 208 valence electrons. The van der Waals surface area contributed by atoms with E-state index in [1.807, 2.05) is 13.8 Å². The van der Waals surface area contributed by atoms with E-state index in [9.17, 15) is 19.2 Å². The zero-order valence-corrected chi connectivity index (χ0v) is 22.6. The third-order valence-corrected chi connectivity index (χ3v) is 6.86. The maximum Gasteiger partial charge on any atom is 0.308 e. The summed E-state index contributed by atoms with van der Waals surface area (Å²) in [4.78, 5) is 35.8. The largest absolute Gasteiger partial charge is 0.444 e. The van der Waals surface area contributed by atoms with Crippen molar-refractivity contribution in [3.63, 3.8) is 0 Å². The lowest BCUT2D eigenvalue weighted by Crippen LogP contribution is -2.45. The molecular weight excluding hydrogens is 494 g/mol. The first-order chi connectivity index (χ1) is 18.3. The van der Waals surface area contributed by atoms with Gasteiger partial charge < -0.3 is 19.1 Å². The Hall–Kier alpha value is -3.10. The van der Waals surface area contributed by atoms with E-state index in [1.165, 1.54) is 9.47 Å². The first kappa shape index (κ1) is 29.5. The molecule has 1 fully saturated rings. The van der Waals surface area contributed by atoms with Crippen molar-refractivity contribution in [3.8, 4) is 6.07 Å². The van der Waals surface area contributed by atoms with E-state index in [-0.39, 0.29) is 42.3 Å². The molecule has 11 heteroatoms. The summed E-state index contributed by atoms with van der Waals surface area (Å²) in [6.07, 6.45) is 4.09. The van der Waals surface area contributed by atoms with Crippen molar-refractivity contribution >= 4 is 28.9 Å². The lowest BCUT2D eigenvalue weighted by atomic mass is 10.2. The fourth-order valence-corrected chi connectivity index (χ4v) is 4.46. The van der Waals surface area contributed by atoms with Gasteiger partial charge in [0, 0.05) is 45.7 Å². The van der Waals surface area contributed by atoms with Gasteiger partial charge in [0.05, 0.1) is 12.0 Å². The number of amides is 1. The van der Waals surface area contributed by atoms with Crippen LogP contribution in [0.25, 0.3) is 11.0 Å². The van der Waals surface area contributed by atoms with Crippen molar-refractivity contribution in [2.75, 3.05) is 51.4 Å². The highest BCUT2D eigenvalue weighted by Crippen LogP contribution is 2.30. The molecule has 0 saturated carbocycles. The van der Waals surface area contributed by atoms with Gasteiger partial charge in [0.15, 0.2) is 18.4 Å². The Labute approximate surface area is 222 Å². The molecule has 38 heavy (non-hydrogen) atoms. The monoisotopic (exact) mass is 532 g/mol. The number of hydrogen-bond donors (Lipinski definition) is 0. The van der Waals surface area contributed by atoms with Crippen LogP contribution >= 0.6 is 0 Å². The number of carbonyl (C=O) groups is 2. The number of aryl methyl sites for hydroxylation is 1. The van der Waals surface area contributed by atoms with Gasteiger partial charge in [-0.2, -0.15) is 5.26 Å². The van der Waals surface area contributed by atoms with Crippen LogP contribution in [-0.2, 0) is 20.9 Å². The molecule has 0 radical (unpaired) electrons. The minimum atomic E-state index is -0.888.